The molecule has 0 amide bonds. The van der Waals surface area contributed by atoms with Gasteiger partial charge in [-0.1, -0.05) is 54.6 Å². The normalized spacial score (nSPS) is 27.8. The molecular formula is C23H30O5. The van der Waals surface area contributed by atoms with Gasteiger partial charge in [-0.2, -0.15) is 0 Å². The Morgan fingerprint density at radius 2 is 2.00 bits per heavy atom. The van der Waals surface area contributed by atoms with E-state index in [9.17, 15) is 9.90 Å². The highest BCUT2D eigenvalue weighted by Crippen LogP contribution is 2.40. The Balaban J connectivity index is 1.44. The molecule has 3 aliphatic heterocycles. The van der Waals surface area contributed by atoms with Crippen molar-refractivity contribution in [3.05, 3.63) is 60.2 Å². The maximum absolute atomic E-state index is 10.5. The van der Waals surface area contributed by atoms with Crippen molar-refractivity contribution >= 4 is 5.97 Å². The number of allylic oxidation sites excluding steroid dienone is 2. The van der Waals surface area contributed by atoms with Crippen molar-refractivity contribution in [2.45, 2.75) is 69.5 Å². The Morgan fingerprint density at radius 3 is 2.75 bits per heavy atom. The van der Waals surface area contributed by atoms with E-state index in [1.807, 2.05) is 36.4 Å². The molecule has 4 rings (SSSR count). The van der Waals surface area contributed by atoms with Crippen LogP contribution in [0.1, 0.15) is 44.1 Å². The van der Waals surface area contributed by atoms with Crippen LogP contribution in [-0.2, 0) is 20.7 Å². The molecule has 1 aromatic rings. The zero-order chi connectivity index (χ0) is 19.8. The second-order valence-electron chi connectivity index (χ2n) is 7.57. The molecule has 1 aromatic carbocycles. The number of carboxylic acid groups (broad SMARTS) is 1. The van der Waals surface area contributed by atoms with E-state index >= 15 is 0 Å². The highest BCUT2D eigenvalue weighted by Gasteiger charge is 2.46. The van der Waals surface area contributed by atoms with Crippen LogP contribution in [0.25, 0.3) is 0 Å². The van der Waals surface area contributed by atoms with Crippen molar-refractivity contribution in [1.82, 2.24) is 0 Å². The predicted octanol–water partition coefficient (Wildman–Crippen LogP) is 3.87. The van der Waals surface area contributed by atoms with E-state index in [0.29, 0.717) is 12.8 Å². The van der Waals surface area contributed by atoms with Gasteiger partial charge < -0.3 is 19.7 Å². The summed E-state index contributed by atoms with van der Waals surface area (Å²) >= 11 is 0. The highest BCUT2D eigenvalue weighted by molar-refractivity contribution is 5.66. The lowest BCUT2D eigenvalue weighted by atomic mass is 9.84. The number of unbranched alkanes of at least 4 members (excludes halogenated alkanes) is 1. The maximum atomic E-state index is 10.5. The molecule has 5 nitrogen and oxygen atoms in total. The molecule has 0 spiro atoms. The summed E-state index contributed by atoms with van der Waals surface area (Å²) in [6.45, 7) is 0. The maximum Gasteiger partial charge on any atom is 0.303 e. The molecule has 2 bridgehead atoms. The van der Waals surface area contributed by atoms with Crippen LogP contribution < -0.4 is 0 Å². The van der Waals surface area contributed by atoms with Gasteiger partial charge in [0.25, 0.3) is 0 Å². The van der Waals surface area contributed by atoms with Gasteiger partial charge in [-0.25, -0.2) is 0 Å². The smallest absolute Gasteiger partial charge is 0.303 e. The Bertz CT molecular complexity index is 663. The molecular weight excluding hydrogens is 356 g/mol. The van der Waals surface area contributed by atoms with Crippen molar-refractivity contribution in [1.29, 1.82) is 0 Å². The number of hydrogen-bond acceptors (Lipinski definition) is 4. The Hall–Kier alpha value is -1.95. The van der Waals surface area contributed by atoms with Gasteiger partial charge in [-0.15, -0.1) is 0 Å². The van der Waals surface area contributed by atoms with Gasteiger partial charge in [0.2, 0.25) is 0 Å². The predicted molar refractivity (Wildman–Crippen MR) is 107 cm³/mol. The lowest BCUT2D eigenvalue weighted by Gasteiger charge is -2.49. The van der Waals surface area contributed by atoms with Crippen LogP contribution in [0.3, 0.4) is 0 Å². The van der Waals surface area contributed by atoms with E-state index in [0.717, 1.165) is 25.7 Å². The monoisotopic (exact) mass is 386 g/mol. The van der Waals surface area contributed by atoms with E-state index in [1.165, 1.54) is 5.56 Å². The first kappa shape index (κ1) is 20.8. The third-order valence-corrected chi connectivity index (χ3v) is 5.39. The van der Waals surface area contributed by atoms with Crippen LogP contribution in [-0.4, -0.2) is 40.8 Å². The van der Waals surface area contributed by atoms with Crippen LogP contribution in [0, 0.1) is 5.92 Å². The zero-order valence-electron chi connectivity index (χ0n) is 16.2. The molecule has 3 fully saturated rings. The zero-order valence-corrected chi connectivity index (χ0v) is 16.2. The van der Waals surface area contributed by atoms with Gasteiger partial charge in [0, 0.05) is 18.8 Å². The number of carbonyl (C=O) groups is 1. The fourth-order valence-corrected chi connectivity index (χ4v) is 3.73. The minimum atomic E-state index is -0.751. The number of fused-ring (bicyclic) bond motifs is 2. The van der Waals surface area contributed by atoms with Crippen LogP contribution in [0.5, 0.6) is 0 Å². The van der Waals surface area contributed by atoms with Gasteiger partial charge in [0.05, 0.1) is 18.3 Å². The van der Waals surface area contributed by atoms with Crippen molar-refractivity contribution in [3.8, 4) is 0 Å². The molecule has 3 heterocycles. The van der Waals surface area contributed by atoms with Crippen LogP contribution in [0.2, 0.25) is 0 Å². The Kier molecular flexibility index (Phi) is 7.83. The fraction of sp³-hybridized carbons (Fsp3) is 0.522. The summed E-state index contributed by atoms with van der Waals surface area (Å²) in [5, 5.41) is 19.0. The number of aliphatic carboxylic acids is 1. The number of aryl methyl sites for hydroxylation is 1. The quantitative estimate of drug-likeness (QED) is 0.446. The van der Waals surface area contributed by atoms with Crippen LogP contribution in [0.4, 0.5) is 0 Å². The summed E-state index contributed by atoms with van der Waals surface area (Å²) in [5.41, 5.74) is 1.23. The second kappa shape index (κ2) is 10.6. The summed E-state index contributed by atoms with van der Waals surface area (Å²) in [4.78, 5) is 10.5. The lowest BCUT2D eigenvalue weighted by Crippen LogP contribution is -2.55. The van der Waals surface area contributed by atoms with Gasteiger partial charge in [-0.05, 0) is 37.7 Å². The van der Waals surface area contributed by atoms with E-state index in [2.05, 4.69) is 18.2 Å². The number of ether oxygens (including phenoxy) is 2. The summed E-state index contributed by atoms with van der Waals surface area (Å²) in [5.74, 6) is -0.516. The Labute approximate surface area is 166 Å². The third-order valence-electron chi connectivity index (χ3n) is 5.39. The molecule has 152 valence electrons. The number of carboxylic acids is 1. The SMILES string of the molecule is O=C(O)CCC/C=C/CC1C(/C=C/C(O)CCc2ccccc2)OC2CC1O2. The van der Waals surface area contributed by atoms with Gasteiger partial charge in [0.1, 0.15) is 0 Å². The topological polar surface area (TPSA) is 76.0 Å². The van der Waals surface area contributed by atoms with Crippen molar-refractivity contribution in [3.63, 3.8) is 0 Å². The van der Waals surface area contributed by atoms with Crippen molar-refractivity contribution < 1.29 is 24.5 Å². The highest BCUT2D eigenvalue weighted by atomic mass is 16.7. The minimum Gasteiger partial charge on any atom is -0.481 e. The fourth-order valence-electron chi connectivity index (χ4n) is 3.73. The van der Waals surface area contributed by atoms with E-state index in [1.54, 1.807) is 0 Å². The number of benzene rings is 1. The summed E-state index contributed by atoms with van der Waals surface area (Å²) in [7, 11) is 0. The van der Waals surface area contributed by atoms with Gasteiger partial charge in [0.15, 0.2) is 6.29 Å². The third kappa shape index (κ3) is 6.30. The van der Waals surface area contributed by atoms with E-state index < -0.39 is 12.1 Å². The van der Waals surface area contributed by atoms with Crippen LogP contribution in [0.15, 0.2) is 54.6 Å². The number of aliphatic hydroxyl groups is 1. The first-order valence-electron chi connectivity index (χ1n) is 10.2. The lowest BCUT2D eigenvalue weighted by molar-refractivity contribution is -0.337. The first-order chi connectivity index (χ1) is 13.6. The molecule has 5 heteroatoms. The molecule has 0 aromatic heterocycles. The molecule has 28 heavy (non-hydrogen) atoms. The number of hydrogen-bond donors (Lipinski definition) is 2. The molecule has 5 unspecified atom stereocenters. The molecule has 5 atom stereocenters. The summed E-state index contributed by atoms with van der Waals surface area (Å²) in [6.07, 6.45) is 12.5. The van der Waals surface area contributed by atoms with Crippen LogP contribution >= 0.6 is 0 Å². The minimum absolute atomic E-state index is 0.0486. The molecule has 0 aliphatic carbocycles. The molecule has 2 N–H and O–H groups in total. The summed E-state index contributed by atoms with van der Waals surface area (Å²) in [6, 6.07) is 10.2. The van der Waals surface area contributed by atoms with Crippen molar-refractivity contribution in [2.75, 3.05) is 0 Å². The summed E-state index contributed by atoms with van der Waals surface area (Å²) < 4.78 is 11.7. The Morgan fingerprint density at radius 1 is 1.21 bits per heavy atom. The average Bonchev–Trinajstić information content (AvgIpc) is 2.67. The number of rotatable bonds is 11. The molecule has 3 saturated heterocycles. The molecule has 3 aliphatic rings. The average molecular weight is 386 g/mol. The van der Waals surface area contributed by atoms with E-state index in [4.69, 9.17) is 14.6 Å². The van der Waals surface area contributed by atoms with Crippen molar-refractivity contribution in [2.24, 2.45) is 5.92 Å². The molecule has 0 radical (unpaired) electrons. The van der Waals surface area contributed by atoms with E-state index in [-0.39, 0.29) is 30.8 Å². The first-order valence-corrected chi connectivity index (χ1v) is 10.2. The number of aliphatic hydroxyl groups excluding tert-OH is 1. The second-order valence-corrected chi connectivity index (χ2v) is 7.57. The molecule has 0 saturated carbocycles. The largest absolute Gasteiger partial charge is 0.481 e. The van der Waals surface area contributed by atoms with Gasteiger partial charge in [-0.3, -0.25) is 4.79 Å². The standard InChI is InChI=1S/C23H30O5/c24-18(13-12-17-8-4-3-5-9-17)14-15-20-19(21-16-23(27-20)28-21)10-6-1-2-7-11-22(25)26/h1,3-6,8-9,14-15,18-21,23-24H,2,7,10-13,16H2,(H,25,26)/b6-1+,15-14+. The van der Waals surface area contributed by atoms with Gasteiger partial charge >= 0.3 is 5.97 Å².